The molecule has 2 rings (SSSR count). The summed E-state index contributed by atoms with van der Waals surface area (Å²) in [6, 6.07) is 1.20. The molecule has 1 heterocycles. The van der Waals surface area contributed by atoms with E-state index < -0.39 is 0 Å². The normalized spacial score (nSPS) is 35.5. The molecule has 1 N–H and O–H groups in total. The Labute approximate surface area is 93.6 Å². The molecule has 0 aromatic rings. The Morgan fingerprint density at radius 1 is 1.20 bits per heavy atom. The summed E-state index contributed by atoms with van der Waals surface area (Å²) in [5, 5.41) is 3.54. The van der Waals surface area contributed by atoms with Gasteiger partial charge < -0.3 is 5.32 Å². The lowest BCUT2D eigenvalue weighted by Gasteiger charge is -2.25. The summed E-state index contributed by atoms with van der Waals surface area (Å²) < 4.78 is 0. The zero-order valence-electron chi connectivity index (χ0n) is 10.3. The van der Waals surface area contributed by atoms with Crippen LogP contribution in [0.3, 0.4) is 0 Å². The fourth-order valence-electron chi connectivity index (χ4n) is 2.90. The van der Waals surface area contributed by atoms with E-state index in [9.17, 15) is 0 Å². The van der Waals surface area contributed by atoms with Crippen molar-refractivity contribution in [3.8, 4) is 0 Å². The van der Waals surface area contributed by atoms with Crippen LogP contribution >= 0.6 is 0 Å². The average molecular weight is 208 g/mol. The van der Waals surface area contributed by atoms with Gasteiger partial charge in [0.2, 0.25) is 0 Å². The number of hydrogen-bond acceptors (Lipinski definition) is 2. The van der Waals surface area contributed by atoms with Crippen LogP contribution in [0.25, 0.3) is 0 Å². The zero-order valence-corrected chi connectivity index (χ0v) is 10.3. The van der Waals surface area contributed by atoms with Crippen LogP contribution in [-0.2, 0) is 0 Å². The van der Waals surface area contributed by atoms with Crippen LogP contribution in [0, 0.1) is 5.41 Å². The van der Waals surface area contributed by atoms with Crippen molar-refractivity contribution in [1.29, 1.82) is 0 Å². The molecule has 0 amide bonds. The van der Waals surface area contributed by atoms with Gasteiger partial charge in [0.05, 0.1) is 11.9 Å². The molecular weight excluding hydrogens is 184 g/mol. The molecule has 0 aromatic carbocycles. The third-order valence-corrected chi connectivity index (χ3v) is 3.95. The summed E-state index contributed by atoms with van der Waals surface area (Å²) >= 11 is 0. The summed E-state index contributed by atoms with van der Waals surface area (Å²) in [5.41, 5.74) is 0.535. The number of rotatable bonds is 0. The van der Waals surface area contributed by atoms with Crippen molar-refractivity contribution in [2.45, 2.75) is 71.4 Å². The molecule has 86 valence electrons. The summed E-state index contributed by atoms with van der Waals surface area (Å²) in [6.07, 6.45) is 8.02. The van der Waals surface area contributed by atoms with Crippen molar-refractivity contribution in [2.75, 3.05) is 0 Å². The fourth-order valence-corrected chi connectivity index (χ4v) is 2.90. The molecule has 2 unspecified atom stereocenters. The predicted molar refractivity (Wildman–Crippen MR) is 65.3 cm³/mol. The van der Waals surface area contributed by atoms with Crippen molar-refractivity contribution in [2.24, 2.45) is 10.4 Å². The van der Waals surface area contributed by atoms with Crippen molar-refractivity contribution in [1.82, 2.24) is 5.32 Å². The van der Waals surface area contributed by atoms with Gasteiger partial charge in [-0.05, 0) is 38.0 Å². The fraction of sp³-hybridized carbons (Fsp3) is 0.923. The molecule has 0 saturated heterocycles. The first kappa shape index (κ1) is 11.0. The lowest BCUT2D eigenvalue weighted by molar-refractivity contribution is 0.284. The summed E-state index contributed by atoms with van der Waals surface area (Å²) in [5.74, 6) is 1.16. The third kappa shape index (κ3) is 2.73. The average Bonchev–Trinajstić information content (AvgIpc) is 2.51. The molecular formula is C13H24N2. The number of amidine groups is 1. The van der Waals surface area contributed by atoms with Crippen LogP contribution in [0.5, 0.6) is 0 Å². The van der Waals surface area contributed by atoms with E-state index in [0.29, 0.717) is 17.5 Å². The number of fused-ring (bicyclic) bond motifs is 1. The van der Waals surface area contributed by atoms with Gasteiger partial charge >= 0.3 is 0 Å². The van der Waals surface area contributed by atoms with E-state index in [0.717, 1.165) is 5.84 Å². The van der Waals surface area contributed by atoms with Gasteiger partial charge in [-0.3, -0.25) is 4.99 Å². The highest BCUT2D eigenvalue weighted by molar-refractivity contribution is 5.81. The second kappa shape index (κ2) is 4.15. The predicted octanol–water partition coefficient (Wildman–Crippen LogP) is 3.13. The van der Waals surface area contributed by atoms with Gasteiger partial charge in [-0.1, -0.05) is 26.7 Å². The van der Waals surface area contributed by atoms with Crippen LogP contribution in [0.15, 0.2) is 4.99 Å². The zero-order chi connectivity index (χ0) is 10.9. The highest BCUT2D eigenvalue weighted by atomic mass is 15.1. The quantitative estimate of drug-likeness (QED) is 0.650. The first-order valence-corrected chi connectivity index (χ1v) is 6.38. The van der Waals surface area contributed by atoms with Crippen molar-refractivity contribution in [3.05, 3.63) is 0 Å². The van der Waals surface area contributed by atoms with Crippen LogP contribution in [0.1, 0.15) is 59.3 Å². The van der Waals surface area contributed by atoms with Crippen LogP contribution in [0.2, 0.25) is 0 Å². The van der Waals surface area contributed by atoms with E-state index in [4.69, 9.17) is 4.99 Å². The second-order valence-corrected chi connectivity index (χ2v) is 5.98. The van der Waals surface area contributed by atoms with Crippen LogP contribution in [0.4, 0.5) is 0 Å². The van der Waals surface area contributed by atoms with Gasteiger partial charge in [0.1, 0.15) is 0 Å². The highest BCUT2D eigenvalue weighted by Crippen LogP contribution is 2.33. The van der Waals surface area contributed by atoms with E-state index in [1.807, 2.05) is 0 Å². The second-order valence-electron chi connectivity index (χ2n) is 5.98. The third-order valence-electron chi connectivity index (χ3n) is 3.95. The Hall–Kier alpha value is -0.530. The molecule has 2 heteroatoms. The molecule has 1 aliphatic carbocycles. The molecule has 0 aromatic heterocycles. The molecule has 2 atom stereocenters. The largest absolute Gasteiger partial charge is 0.369 e. The standard InChI is InChI=1S/C13H24N2/c1-10-14-11-6-4-5-8-13(2,3)9-7-12(11)15-10/h11-12H,4-9H2,1-3H3,(H,14,15). The van der Waals surface area contributed by atoms with Gasteiger partial charge in [0.25, 0.3) is 0 Å². The highest BCUT2D eigenvalue weighted by Gasteiger charge is 2.30. The van der Waals surface area contributed by atoms with E-state index >= 15 is 0 Å². The number of nitrogens with zero attached hydrogens (tertiary/aromatic N) is 1. The first-order valence-electron chi connectivity index (χ1n) is 6.38. The van der Waals surface area contributed by atoms with Gasteiger partial charge in [-0.15, -0.1) is 0 Å². The van der Waals surface area contributed by atoms with Crippen LogP contribution in [-0.4, -0.2) is 17.9 Å². The Morgan fingerprint density at radius 2 is 2.00 bits per heavy atom. The molecule has 1 saturated carbocycles. The minimum absolute atomic E-state index is 0.535. The summed E-state index contributed by atoms with van der Waals surface area (Å²) in [4.78, 5) is 4.71. The monoisotopic (exact) mass is 208 g/mol. The van der Waals surface area contributed by atoms with E-state index in [1.54, 1.807) is 0 Å². The van der Waals surface area contributed by atoms with Gasteiger partial charge in [-0.2, -0.15) is 0 Å². The molecule has 1 fully saturated rings. The minimum atomic E-state index is 0.535. The topological polar surface area (TPSA) is 24.4 Å². The first-order chi connectivity index (χ1) is 7.07. The Morgan fingerprint density at radius 3 is 2.80 bits per heavy atom. The van der Waals surface area contributed by atoms with Gasteiger partial charge in [0.15, 0.2) is 0 Å². The van der Waals surface area contributed by atoms with Crippen molar-refractivity contribution < 1.29 is 0 Å². The molecule has 2 nitrogen and oxygen atoms in total. The molecule has 0 radical (unpaired) electrons. The lowest BCUT2D eigenvalue weighted by atomic mass is 9.82. The van der Waals surface area contributed by atoms with E-state index in [-0.39, 0.29) is 0 Å². The number of nitrogens with one attached hydrogen (secondary N) is 1. The number of hydrogen-bond donors (Lipinski definition) is 1. The number of aliphatic imine (C=N–C) groups is 1. The molecule has 2 aliphatic rings. The van der Waals surface area contributed by atoms with E-state index in [2.05, 4.69) is 26.1 Å². The van der Waals surface area contributed by atoms with Gasteiger partial charge in [0, 0.05) is 6.04 Å². The summed E-state index contributed by atoms with van der Waals surface area (Å²) in [7, 11) is 0. The Bertz CT molecular complexity index is 255. The van der Waals surface area contributed by atoms with Crippen LogP contribution < -0.4 is 5.32 Å². The smallest absolute Gasteiger partial charge is 0.0938 e. The van der Waals surface area contributed by atoms with Crippen molar-refractivity contribution >= 4 is 5.84 Å². The Balaban J connectivity index is 2.01. The Kier molecular flexibility index (Phi) is 3.03. The molecule has 15 heavy (non-hydrogen) atoms. The van der Waals surface area contributed by atoms with Crippen molar-refractivity contribution in [3.63, 3.8) is 0 Å². The maximum atomic E-state index is 4.71. The maximum Gasteiger partial charge on any atom is 0.0938 e. The van der Waals surface area contributed by atoms with Gasteiger partial charge in [-0.25, -0.2) is 0 Å². The molecule has 0 bridgehead atoms. The van der Waals surface area contributed by atoms with E-state index in [1.165, 1.54) is 38.5 Å². The lowest BCUT2D eigenvalue weighted by Crippen LogP contribution is -2.34. The summed E-state index contributed by atoms with van der Waals surface area (Å²) in [6.45, 7) is 6.93. The molecule has 0 spiro atoms. The maximum absolute atomic E-state index is 4.71. The minimum Gasteiger partial charge on any atom is -0.369 e. The molecule has 1 aliphatic heterocycles. The SMILES string of the molecule is CC1=NC2CCCCC(C)(C)CCC2N1.